The lowest BCUT2D eigenvalue weighted by molar-refractivity contribution is -0.144. The predicted octanol–water partition coefficient (Wildman–Crippen LogP) is 0.696. The van der Waals surface area contributed by atoms with Gasteiger partial charge in [0.25, 0.3) is 0 Å². The molecule has 0 aliphatic carbocycles. The summed E-state index contributed by atoms with van der Waals surface area (Å²) in [5.41, 5.74) is -0.975. The zero-order chi connectivity index (χ0) is 10.8. The van der Waals surface area contributed by atoms with Crippen LogP contribution in [0, 0.1) is 0 Å². The fourth-order valence-corrected chi connectivity index (χ4v) is 1.91. The van der Waals surface area contributed by atoms with Crippen molar-refractivity contribution >= 4 is 5.97 Å². The zero-order valence-electron chi connectivity index (χ0n) is 8.86. The molecule has 1 aliphatic heterocycles. The van der Waals surface area contributed by atoms with Gasteiger partial charge in [0.15, 0.2) is 0 Å². The van der Waals surface area contributed by atoms with Crippen LogP contribution >= 0.6 is 0 Å². The molecule has 0 aromatic heterocycles. The van der Waals surface area contributed by atoms with Crippen LogP contribution < -0.4 is 0 Å². The van der Waals surface area contributed by atoms with Gasteiger partial charge in [-0.15, -0.1) is 0 Å². The Labute approximate surface area is 84.5 Å². The summed E-state index contributed by atoms with van der Waals surface area (Å²) >= 11 is 0. The molecule has 2 N–H and O–H groups in total. The Hall–Kier alpha value is -0.610. The van der Waals surface area contributed by atoms with Crippen molar-refractivity contribution in [2.24, 2.45) is 0 Å². The summed E-state index contributed by atoms with van der Waals surface area (Å²) in [6, 6.07) is 0.476. The van der Waals surface area contributed by atoms with E-state index in [1.165, 1.54) is 0 Å². The van der Waals surface area contributed by atoms with Crippen molar-refractivity contribution in [1.29, 1.82) is 0 Å². The van der Waals surface area contributed by atoms with Gasteiger partial charge in [-0.2, -0.15) is 0 Å². The Kier molecular flexibility index (Phi) is 3.50. The first-order valence-corrected chi connectivity index (χ1v) is 5.11. The number of nitrogens with zero attached hydrogens (tertiary/aromatic N) is 1. The van der Waals surface area contributed by atoms with Crippen molar-refractivity contribution in [2.75, 3.05) is 13.1 Å². The molecular weight excluding hydrogens is 182 g/mol. The van der Waals surface area contributed by atoms with E-state index in [-0.39, 0.29) is 6.42 Å². The summed E-state index contributed by atoms with van der Waals surface area (Å²) in [6.07, 6.45) is 1.01. The standard InChI is InChI=1S/C10H19NO3/c1-8(2)11-5-3-10(14,4-6-11)7-9(12)13/h8,14H,3-7H2,1-2H3,(H,12,13). The van der Waals surface area contributed by atoms with Crippen molar-refractivity contribution in [1.82, 2.24) is 4.90 Å². The first-order valence-electron chi connectivity index (χ1n) is 5.11. The molecule has 4 nitrogen and oxygen atoms in total. The van der Waals surface area contributed by atoms with Crippen LogP contribution in [0.1, 0.15) is 33.1 Å². The molecule has 0 aromatic rings. The molecule has 1 aliphatic rings. The third-order valence-electron chi connectivity index (χ3n) is 2.94. The van der Waals surface area contributed by atoms with E-state index in [1.807, 2.05) is 0 Å². The van der Waals surface area contributed by atoms with Crippen LogP contribution in [-0.2, 0) is 4.79 Å². The van der Waals surface area contributed by atoms with E-state index >= 15 is 0 Å². The van der Waals surface area contributed by atoms with Crippen LogP contribution in [0.2, 0.25) is 0 Å². The van der Waals surface area contributed by atoms with Crippen LogP contribution in [0.25, 0.3) is 0 Å². The second-order valence-corrected chi connectivity index (χ2v) is 4.42. The Balaban J connectivity index is 2.44. The highest BCUT2D eigenvalue weighted by atomic mass is 16.4. The van der Waals surface area contributed by atoms with Crippen LogP contribution in [0.4, 0.5) is 0 Å². The lowest BCUT2D eigenvalue weighted by Gasteiger charge is -2.39. The van der Waals surface area contributed by atoms with E-state index in [4.69, 9.17) is 5.11 Å². The van der Waals surface area contributed by atoms with E-state index in [2.05, 4.69) is 18.7 Å². The van der Waals surface area contributed by atoms with E-state index in [0.29, 0.717) is 18.9 Å². The molecule has 0 spiro atoms. The molecule has 0 aromatic carbocycles. The zero-order valence-corrected chi connectivity index (χ0v) is 8.86. The summed E-state index contributed by atoms with van der Waals surface area (Å²) in [5, 5.41) is 18.6. The number of rotatable bonds is 3. The quantitative estimate of drug-likeness (QED) is 0.705. The summed E-state index contributed by atoms with van der Waals surface area (Å²) < 4.78 is 0. The molecule has 1 heterocycles. The number of carbonyl (C=O) groups is 1. The van der Waals surface area contributed by atoms with Gasteiger partial charge in [-0.05, 0) is 26.7 Å². The van der Waals surface area contributed by atoms with Crippen LogP contribution in [0.5, 0.6) is 0 Å². The van der Waals surface area contributed by atoms with E-state index in [1.54, 1.807) is 0 Å². The highest BCUT2D eigenvalue weighted by Crippen LogP contribution is 2.26. The molecular formula is C10H19NO3. The number of aliphatic carboxylic acids is 1. The normalized spacial score (nSPS) is 22.6. The molecule has 1 fully saturated rings. The van der Waals surface area contributed by atoms with Gasteiger partial charge in [-0.3, -0.25) is 4.79 Å². The van der Waals surface area contributed by atoms with Gasteiger partial charge in [-0.25, -0.2) is 0 Å². The first-order chi connectivity index (χ1) is 6.43. The fourth-order valence-electron chi connectivity index (χ4n) is 1.91. The lowest BCUT2D eigenvalue weighted by atomic mass is 9.88. The number of hydrogen-bond acceptors (Lipinski definition) is 3. The predicted molar refractivity (Wildman–Crippen MR) is 53.1 cm³/mol. The highest BCUT2D eigenvalue weighted by molar-refractivity contribution is 5.68. The molecule has 0 radical (unpaired) electrons. The summed E-state index contributed by atoms with van der Waals surface area (Å²) in [5.74, 6) is -0.912. The molecule has 14 heavy (non-hydrogen) atoms. The summed E-state index contributed by atoms with van der Waals surface area (Å²) in [7, 11) is 0. The fraction of sp³-hybridized carbons (Fsp3) is 0.900. The highest BCUT2D eigenvalue weighted by Gasteiger charge is 2.34. The lowest BCUT2D eigenvalue weighted by Crippen LogP contribution is -2.47. The molecule has 0 amide bonds. The van der Waals surface area contributed by atoms with Crippen molar-refractivity contribution < 1.29 is 15.0 Å². The smallest absolute Gasteiger partial charge is 0.306 e. The van der Waals surface area contributed by atoms with Gasteiger partial charge in [0.1, 0.15) is 0 Å². The SMILES string of the molecule is CC(C)N1CCC(O)(CC(=O)O)CC1. The third-order valence-corrected chi connectivity index (χ3v) is 2.94. The number of piperidine rings is 1. The van der Waals surface area contributed by atoms with Crippen molar-refractivity contribution in [3.05, 3.63) is 0 Å². The molecule has 1 rings (SSSR count). The van der Waals surface area contributed by atoms with Gasteiger partial charge >= 0.3 is 5.97 Å². The van der Waals surface area contributed by atoms with Gasteiger partial charge in [0.05, 0.1) is 12.0 Å². The number of carboxylic acids is 1. The molecule has 0 saturated carbocycles. The maximum atomic E-state index is 10.5. The monoisotopic (exact) mass is 201 g/mol. The van der Waals surface area contributed by atoms with Crippen molar-refractivity contribution in [3.8, 4) is 0 Å². The van der Waals surface area contributed by atoms with Crippen molar-refractivity contribution in [2.45, 2.75) is 44.8 Å². The first kappa shape index (κ1) is 11.5. The van der Waals surface area contributed by atoms with Gasteiger partial charge in [0.2, 0.25) is 0 Å². The molecule has 0 bridgehead atoms. The summed E-state index contributed by atoms with van der Waals surface area (Å²) in [4.78, 5) is 12.8. The minimum Gasteiger partial charge on any atom is -0.481 e. The molecule has 0 atom stereocenters. The third kappa shape index (κ3) is 2.96. The Bertz CT molecular complexity index is 207. The Morgan fingerprint density at radius 2 is 1.93 bits per heavy atom. The second kappa shape index (κ2) is 4.28. The minimum atomic E-state index is -0.975. The van der Waals surface area contributed by atoms with Crippen LogP contribution in [0.15, 0.2) is 0 Å². The molecule has 82 valence electrons. The number of hydrogen-bond donors (Lipinski definition) is 2. The van der Waals surface area contributed by atoms with E-state index in [0.717, 1.165) is 13.1 Å². The van der Waals surface area contributed by atoms with Gasteiger partial charge in [-0.1, -0.05) is 0 Å². The Morgan fingerprint density at radius 3 is 2.29 bits per heavy atom. The van der Waals surface area contributed by atoms with Crippen molar-refractivity contribution in [3.63, 3.8) is 0 Å². The molecule has 1 saturated heterocycles. The number of aliphatic hydroxyl groups is 1. The van der Waals surface area contributed by atoms with Gasteiger partial charge in [0, 0.05) is 19.1 Å². The second-order valence-electron chi connectivity index (χ2n) is 4.42. The molecule has 0 unspecified atom stereocenters. The topological polar surface area (TPSA) is 60.8 Å². The average Bonchev–Trinajstić information content (AvgIpc) is 2.02. The van der Waals surface area contributed by atoms with Crippen LogP contribution in [0.3, 0.4) is 0 Å². The number of likely N-dealkylation sites (tertiary alicyclic amines) is 1. The maximum Gasteiger partial charge on any atom is 0.306 e. The molecule has 4 heteroatoms. The number of carboxylic acid groups (broad SMARTS) is 1. The average molecular weight is 201 g/mol. The maximum absolute atomic E-state index is 10.5. The summed E-state index contributed by atoms with van der Waals surface area (Å²) in [6.45, 7) is 5.81. The van der Waals surface area contributed by atoms with E-state index in [9.17, 15) is 9.90 Å². The van der Waals surface area contributed by atoms with Gasteiger partial charge < -0.3 is 15.1 Å². The van der Waals surface area contributed by atoms with E-state index < -0.39 is 11.6 Å². The minimum absolute atomic E-state index is 0.126. The largest absolute Gasteiger partial charge is 0.481 e. The Morgan fingerprint density at radius 1 is 1.43 bits per heavy atom. The van der Waals surface area contributed by atoms with Crippen LogP contribution in [-0.4, -0.2) is 45.8 Å².